The minimum absolute atomic E-state index is 0.253. The fraction of sp³-hybridized carbons (Fsp3) is 0.556. The molecule has 0 heterocycles. The molecule has 1 N–H and O–H groups in total. The summed E-state index contributed by atoms with van der Waals surface area (Å²) in [5.41, 5.74) is 0.848. The van der Waals surface area contributed by atoms with E-state index in [0.29, 0.717) is 6.54 Å². The van der Waals surface area contributed by atoms with Crippen molar-refractivity contribution < 1.29 is 13.6 Å². The molecule has 23 heavy (non-hydrogen) atoms. The molecule has 0 aliphatic heterocycles. The minimum Gasteiger partial charge on any atom is -0.382 e. The van der Waals surface area contributed by atoms with Crippen LogP contribution in [0.1, 0.15) is 47.1 Å². The largest absolute Gasteiger partial charge is 0.382 e. The second-order valence-electron chi connectivity index (χ2n) is 7.54. The number of benzene rings is 1. The lowest BCUT2D eigenvalue weighted by atomic mass is 10.2. The Bertz CT molecular complexity index is 533. The van der Waals surface area contributed by atoms with Crippen LogP contribution >= 0.6 is 7.60 Å². The van der Waals surface area contributed by atoms with E-state index in [2.05, 4.69) is 11.9 Å². The van der Waals surface area contributed by atoms with Crippen LogP contribution in [0.5, 0.6) is 0 Å². The van der Waals surface area contributed by atoms with Crippen LogP contribution in [-0.2, 0) is 19.8 Å². The summed E-state index contributed by atoms with van der Waals surface area (Å²) in [6, 6.07) is 7.79. The highest BCUT2D eigenvalue weighted by atomic mass is 31.2. The number of rotatable bonds is 7. The molecule has 1 aromatic carbocycles. The molecule has 0 saturated carbocycles. The van der Waals surface area contributed by atoms with E-state index in [4.69, 9.17) is 9.05 Å². The maximum atomic E-state index is 13.2. The molecule has 1 rings (SSSR count). The number of hydrogen-bond acceptors (Lipinski definition) is 4. The molecule has 0 fully saturated rings. The van der Waals surface area contributed by atoms with Gasteiger partial charge in [0.25, 0.3) is 0 Å². The summed E-state index contributed by atoms with van der Waals surface area (Å²) in [4.78, 5) is 0. The monoisotopic (exact) mass is 339 g/mol. The molecule has 0 spiro atoms. The third-order valence-corrected chi connectivity index (χ3v) is 5.01. The Morgan fingerprint density at radius 1 is 1.04 bits per heavy atom. The van der Waals surface area contributed by atoms with Crippen molar-refractivity contribution in [3.05, 3.63) is 42.5 Å². The van der Waals surface area contributed by atoms with Gasteiger partial charge in [0.1, 0.15) is 0 Å². The Hall–Kier alpha value is -1.09. The fourth-order valence-electron chi connectivity index (χ4n) is 2.06. The van der Waals surface area contributed by atoms with E-state index in [1.807, 2.05) is 65.8 Å². The summed E-state index contributed by atoms with van der Waals surface area (Å²) in [7, 11) is -3.26. The fourth-order valence-corrected chi connectivity index (χ4v) is 4.55. The summed E-state index contributed by atoms with van der Waals surface area (Å²) in [6.45, 7) is 15.7. The van der Waals surface area contributed by atoms with Crippen molar-refractivity contribution in [3.63, 3.8) is 0 Å². The van der Waals surface area contributed by atoms with Crippen molar-refractivity contribution in [2.24, 2.45) is 0 Å². The Morgan fingerprint density at radius 3 is 1.91 bits per heavy atom. The van der Waals surface area contributed by atoms with E-state index < -0.39 is 18.8 Å². The predicted molar refractivity (Wildman–Crippen MR) is 98.1 cm³/mol. The molecular formula is C18H30NO3P. The van der Waals surface area contributed by atoms with Crippen molar-refractivity contribution in [3.8, 4) is 0 Å². The summed E-state index contributed by atoms with van der Waals surface area (Å²) in [5.74, 6) is 0. The molecule has 0 aliphatic carbocycles. The van der Waals surface area contributed by atoms with Crippen LogP contribution in [0.3, 0.4) is 0 Å². The van der Waals surface area contributed by atoms with Gasteiger partial charge in [0.15, 0.2) is 0 Å². The van der Waals surface area contributed by atoms with Gasteiger partial charge in [-0.2, -0.15) is 0 Å². The molecule has 0 amide bonds. The second kappa shape index (κ2) is 7.65. The third-order valence-electron chi connectivity index (χ3n) is 2.61. The molecule has 0 aliphatic rings. The molecule has 0 atom stereocenters. The van der Waals surface area contributed by atoms with Crippen molar-refractivity contribution in [2.45, 2.75) is 58.9 Å². The van der Waals surface area contributed by atoms with Crippen molar-refractivity contribution in [1.82, 2.24) is 0 Å². The highest BCUT2D eigenvalue weighted by molar-refractivity contribution is 7.53. The van der Waals surface area contributed by atoms with Crippen LogP contribution in [-0.4, -0.2) is 17.7 Å². The van der Waals surface area contributed by atoms with Gasteiger partial charge in [-0.3, -0.25) is 4.57 Å². The van der Waals surface area contributed by atoms with Gasteiger partial charge in [-0.25, -0.2) is 0 Å². The van der Waals surface area contributed by atoms with Crippen molar-refractivity contribution in [2.75, 3.05) is 11.9 Å². The van der Waals surface area contributed by atoms with E-state index in [-0.39, 0.29) is 6.16 Å². The van der Waals surface area contributed by atoms with Crippen LogP contribution in [0.25, 0.3) is 0 Å². The highest BCUT2D eigenvalue weighted by Gasteiger charge is 2.35. The molecule has 130 valence electrons. The van der Waals surface area contributed by atoms with Gasteiger partial charge in [-0.05, 0) is 59.2 Å². The zero-order valence-electron chi connectivity index (χ0n) is 15.2. The van der Waals surface area contributed by atoms with E-state index in [9.17, 15) is 4.57 Å². The standard InChI is InChI=1S/C18H30NO3P/c1-8-13-19-16-11-9-15(10-12-16)14-23(20,21-17(2,3)4)22-18(5,6)7/h8-12,19H,1,13-14H2,2-7H3. The lowest BCUT2D eigenvalue weighted by Crippen LogP contribution is -2.24. The first kappa shape index (κ1) is 20.0. The van der Waals surface area contributed by atoms with Gasteiger partial charge in [0, 0.05) is 12.2 Å². The van der Waals surface area contributed by atoms with Crippen LogP contribution < -0.4 is 5.32 Å². The first-order valence-electron chi connectivity index (χ1n) is 7.87. The summed E-state index contributed by atoms with van der Waals surface area (Å²) in [5, 5.41) is 3.21. The smallest absolute Gasteiger partial charge is 0.336 e. The molecule has 0 bridgehead atoms. The Morgan fingerprint density at radius 2 is 1.52 bits per heavy atom. The van der Waals surface area contributed by atoms with E-state index in [1.54, 1.807) is 6.08 Å². The van der Waals surface area contributed by atoms with Crippen LogP contribution in [0.15, 0.2) is 36.9 Å². The SMILES string of the molecule is C=CCNc1ccc(CP(=O)(OC(C)(C)C)OC(C)(C)C)cc1. The zero-order valence-corrected chi connectivity index (χ0v) is 16.1. The molecule has 4 nitrogen and oxygen atoms in total. The summed E-state index contributed by atoms with van der Waals surface area (Å²) in [6.07, 6.45) is 2.06. The molecule has 5 heteroatoms. The maximum Gasteiger partial charge on any atom is 0.336 e. The quantitative estimate of drug-likeness (QED) is 0.518. The van der Waals surface area contributed by atoms with Crippen LogP contribution in [0.2, 0.25) is 0 Å². The van der Waals surface area contributed by atoms with Crippen molar-refractivity contribution in [1.29, 1.82) is 0 Å². The van der Waals surface area contributed by atoms with Gasteiger partial charge >= 0.3 is 7.60 Å². The molecule has 1 aromatic rings. The normalized spacial score (nSPS) is 13.0. The first-order chi connectivity index (χ1) is 10.4. The Labute approximate surface area is 140 Å². The predicted octanol–water partition coefficient (Wildman–Crippen LogP) is 5.61. The number of anilines is 1. The lowest BCUT2D eigenvalue weighted by Gasteiger charge is -2.32. The Balaban J connectivity index is 2.92. The summed E-state index contributed by atoms with van der Waals surface area (Å²) < 4.78 is 24.8. The molecule has 0 aromatic heterocycles. The van der Waals surface area contributed by atoms with Gasteiger partial charge in [0.2, 0.25) is 0 Å². The van der Waals surface area contributed by atoms with Gasteiger partial charge in [-0.1, -0.05) is 18.2 Å². The van der Waals surface area contributed by atoms with Gasteiger partial charge in [0.05, 0.1) is 17.4 Å². The minimum atomic E-state index is -3.26. The van der Waals surface area contributed by atoms with Crippen LogP contribution in [0.4, 0.5) is 5.69 Å². The average molecular weight is 339 g/mol. The lowest BCUT2D eigenvalue weighted by molar-refractivity contribution is 0.0485. The molecule has 0 radical (unpaired) electrons. The van der Waals surface area contributed by atoms with Crippen LogP contribution in [0, 0.1) is 0 Å². The van der Waals surface area contributed by atoms with E-state index in [1.165, 1.54) is 0 Å². The van der Waals surface area contributed by atoms with E-state index in [0.717, 1.165) is 11.3 Å². The molecule has 0 unspecified atom stereocenters. The zero-order chi connectivity index (χ0) is 17.7. The van der Waals surface area contributed by atoms with Gasteiger partial charge < -0.3 is 14.4 Å². The van der Waals surface area contributed by atoms with Gasteiger partial charge in [-0.15, -0.1) is 6.58 Å². The molecular weight excluding hydrogens is 309 g/mol. The molecule has 0 saturated heterocycles. The average Bonchev–Trinajstić information content (AvgIpc) is 2.32. The van der Waals surface area contributed by atoms with E-state index >= 15 is 0 Å². The third kappa shape index (κ3) is 8.36. The second-order valence-corrected chi connectivity index (χ2v) is 9.45. The highest BCUT2D eigenvalue weighted by Crippen LogP contribution is 2.56. The maximum absolute atomic E-state index is 13.2. The first-order valence-corrected chi connectivity index (χ1v) is 9.60. The number of nitrogens with one attached hydrogen (secondary N) is 1. The number of hydrogen-bond donors (Lipinski definition) is 1. The van der Waals surface area contributed by atoms with Crippen molar-refractivity contribution >= 4 is 13.3 Å². The summed E-state index contributed by atoms with van der Waals surface area (Å²) >= 11 is 0. The Kier molecular flexibility index (Phi) is 6.64. The topological polar surface area (TPSA) is 47.6 Å².